The molecule has 0 bridgehead atoms. The van der Waals surface area contributed by atoms with E-state index in [-0.39, 0.29) is 11.7 Å². The summed E-state index contributed by atoms with van der Waals surface area (Å²) in [5.41, 5.74) is 0.622. The average Bonchev–Trinajstić information content (AvgIpc) is 2.79. The number of hydrogen-bond donors (Lipinski definition) is 1. The number of carbonyl (C=O) groups excluding carboxylic acids is 1. The summed E-state index contributed by atoms with van der Waals surface area (Å²) >= 11 is 3.15. The summed E-state index contributed by atoms with van der Waals surface area (Å²) in [7, 11) is 0. The number of anilines is 1. The van der Waals surface area contributed by atoms with Crippen LogP contribution in [0.15, 0.2) is 45.5 Å². The molecule has 18 heavy (non-hydrogen) atoms. The molecule has 0 atom stereocenters. The van der Waals surface area contributed by atoms with Gasteiger partial charge in [-0.15, -0.1) is 0 Å². The lowest BCUT2D eigenvalue weighted by Crippen LogP contribution is -2.12. The second kappa shape index (κ2) is 5.73. The number of benzene rings is 1. The molecule has 0 spiro atoms. The molecule has 0 aliphatic carbocycles. The van der Waals surface area contributed by atoms with Crippen LogP contribution in [0, 0.1) is 0 Å². The van der Waals surface area contributed by atoms with E-state index in [0.29, 0.717) is 22.7 Å². The highest BCUT2D eigenvalue weighted by Gasteiger charge is 2.12. The lowest BCUT2D eigenvalue weighted by Gasteiger charge is -2.10. The van der Waals surface area contributed by atoms with E-state index in [0.717, 1.165) is 0 Å². The molecule has 0 aliphatic heterocycles. The van der Waals surface area contributed by atoms with E-state index in [1.165, 1.54) is 0 Å². The molecule has 4 nitrogen and oxygen atoms in total. The highest BCUT2D eigenvalue weighted by molar-refractivity contribution is 9.10. The predicted octanol–water partition coefficient (Wildman–Crippen LogP) is 3.69. The lowest BCUT2D eigenvalue weighted by molar-refractivity contribution is 0.0995. The van der Waals surface area contributed by atoms with Crippen molar-refractivity contribution in [3.8, 4) is 5.75 Å². The summed E-state index contributed by atoms with van der Waals surface area (Å²) in [5.74, 6) is 0.569. The van der Waals surface area contributed by atoms with Crippen LogP contribution in [0.4, 0.5) is 5.69 Å². The predicted molar refractivity (Wildman–Crippen MR) is 72.0 cm³/mol. The summed E-state index contributed by atoms with van der Waals surface area (Å²) < 4.78 is 11.1. The highest BCUT2D eigenvalue weighted by Crippen LogP contribution is 2.24. The number of hydrogen-bond acceptors (Lipinski definition) is 3. The summed E-state index contributed by atoms with van der Waals surface area (Å²) in [4.78, 5) is 11.9. The van der Waals surface area contributed by atoms with Crippen LogP contribution in [0.1, 0.15) is 17.5 Å². The van der Waals surface area contributed by atoms with E-state index < -0.39 is 0 Å². The van der Waals surface area contributed by atoms with Gasteiger partial charge in [0.2, 0.25) is 0 Å². The number of para-hydroxylation sites is 2. The molecule has 1 aromatic carbocycles. The number of furan rings is 1. The van der Waals surface area contributed by atoms with Crippen molar-refractivity contribution < 1.29 is 13.9 Å². The molecule has 0 radical (unpaired) electrons. The van der Waals surface area contributed by atoms with Crippen molar-refractivity contribution in [2.24, 2.45) is 0 Å². The first kappa shape index (κ1) is 12.7. The fourth-order valence-corrected chi connectivity index (χ4v) is 1.78. The largest absolute Gasteiger partial charge is 0.492 e. The van der Waals surface area contributed by atoms with E-state index in [1.807, 2.05) is 19.1 Å². The zero-order valence-electron chi connectivity index (χ0n) is 9.77. The number of carbonyl (C=O) groups is 1. The van der Waals surface area contributed by atoms with Crippen LogP contribution in [0.2, 0.25) is 0 Å². The third-order valence-corrected chi connectivity index (χ3v) is 2.66. The van der Waals surface area contributed by atoms with Gasteiger partial charge in [0.25, 0.3) is 5.91 Å². The van der Waals surface area contributed by atoms with Gasteiger partial charge in [-0.2, -0.15) is 0 Å². The Balaban J connectivity index is 2.16. The molecule has 1 aromatic heterocycles. The molecule has 0 saturated heterocycles. The summed E-state index contributed by atoms with van der Waals surface area (Å²) in [6, 6.07) is 10.5. The zero-order chi connectivity index (χ0) is 13.0. The summed E-state index contributed by atoms with van der Waals surface area (Å²) in [6.45, 7) is 2.43. The average molecular weight is 310 g/mol. The summed E-state index contributed by atoms with van der Waals surface area (Å²) in [5, 5.41) is 2.75. The van der Waals surface area contributed by atoms with Gasteiger partial charge in [0, 0.05) is 0 Å². The number of rotatable bonds is 4. The minimum atomic E-state index is -0.312. The van der Waals surface area contributed by atoms with E-state index in [4.69, 9.17) is 9.15 Å². The Morgan fingerprint density at radius 3 is 2.78 bits per heavy atom. The SMILES string of the molecule is CCOc1ccccc1NC(=O)c1ccc(Br)o1. The van der Waals surface area contributed by atoms with E-state index in [2.05, 4.69) is 21.2 Å². The molecule has 0 fully saturated rings. The van der Waals surface area contributed by atoms with Crippen LogP contribution in [-0.2, 0) is 0 Å². The molecule has 94 valence electrons. The number of ether oxygens (including phenoxy) is 1. The van der Waals surface area contributed by atoms with Crippen molar-refractivity contribution >= 4 is 27.5 Å². The van der Waals surface area contributed by atoms with Gasteiger partial charge in [-0.1, -0.05) is 12.1 Å². The van der Waals surface area contributed by atoms with Crippen LogP contribution in [0.25, 0.3) is 0 Å². The van der Waals surface area contributed by atoms with Gasteiger partial charge in [0.1, 0.15) is 5.75 Å². The van der Waals surface area contributed by atoms with Crippen molar-refractivity contribution in [3.05, 3.63) is 46.8 Å². The Labute approximate surface area is 113 Å². The minimum Gasteiger partial charge on any atom is -0.492 e. The van der Waals surface area contributed by atoms with E-state index in [1.54, 1.807) is 24.3 Å². The summed E-state index contributed by atoms with van der Waals surface area (Å²) in [6.07, 6.45) is 0. The van der Waals surface area contributed by atoms with Gasteiger partial charge in [-0.25, -0.2) is 0 Å². The van der Waals surface area contributed by atoms with Crippen LogP contribution < -0.4 is 10.1 Å². The van der Waals surface area contributed by atoms with Crippen LogP contribution >= 0.6 is 15.9 Å². The number of halogens is 1. The highest BCUT2D eigenvalue weighted by atomic mass is 79.9. The molecule has 5 heteroatoms. The van der Waals surface area contributed by atoms with Crippen molar-refractivity contribution in [2.45, 2.75) is 6.92 Å². The molecular weight excluding hydrogens is 298 g/mol. The first-order chi connectivity index (χ1) is 8.70. The Hall–Kier alpha value is -1.75. The standard InChI is InChI=1S/C13H12BrNO3/c1-2-17-10-6-4-3-5-9(10)15-13(16)11-7-8-12(14)18-11/h3-8H,2H2,1H3,(H,15,16). The number of amides is 1. The second-order valence-corrected chi connectivity index (χ2v) is 4.27. The van der Waals surface area contributed by atoms with Crippen LogP contribution in [0.5, 0.6) is 5.75 Å². The normalized spacial score (nSPS) is 10.1. The van der Waals surface area contributed by atoms with E-state index in [9.17, 15) is 4.79 Å². The number of nitrogens with one attached hydrogen (secondary N) is 1. The zero-order valence-corrected chi connectivity index (χ0v) is 11.4. The lowest BCUT2D eigenvalue weighted by atomic mass is 10.3. The van der Waals surface area contributed by atoms with Gasteiger partial charge >= 0.3 is 0 Å². The van der Waals surface area contributed by atoms with E-state index >= 15 is 0 Å². The Morgan fingerprint density at radius 2 is 2.11 bits per heavy atom. The first-order valence-electron chi connectivity index (χ1n) is 5.49. The Morgan fingerprint density at radius 1 is 1.33 bits per heavy atom. The fraction of sp³-hybridized carbons (Fsp3) is 0.154. The first-order valence-corrected chi connectivity index (χ1v) is 6.28. The van der Waals surface area contributed by atoms with Crippen LogP contribution in [-0.4, -0.2) is 12.5 Å². The molecule has 1 N–H and O–H groups in total. The van der Waals surface area contributed by atoms with Gasteiger partial charge in [0.05, 0.1) is 12.3 Å². The minimum absolute atomic E-state index is 0.244. The fourth-order valence-electron chi connectivity index (χ4n) is 1.47. The molecule has 2 rings (SSSR count). The third-order valence-electron chi connectivity index (χ3n) is 2.23. The van der Waals surface area contributed by atoms with Crippen molar-refractivity contribution in [1.82, 2.24) is 0 Å². The molecule has 0 aliphatic rings. The molecule has 1 amide bonds. The van der Waals surface area contributed by atoms with Gasteiger partial charge in [0.15, 0.2) is 10.4 Å². The van der Waals surface area contributed by atoms with Gasteiger partial charge in [-0.05, 0) is 47.1 Å². The van der Waals surface area contributed by atoms with Crippen molar-refractivity contribution in [2.75, 3.05) is 11.9 Å². The molecular formula is C13H12BrNO3. The van der Waals surface area contributed by atoms with Crippen molar-refractivity contribution in [3.63, 3.8) is 0 Å². The Bertz CT molecular complexity index is 551. The monoisotopic (exact) mass is 309 g/mol. The maximum atomic E-state index is 11.9. The Kier molecular flexibility index (Phi) is 4.04. The second-order valence-electron chi connectivity index (χ2n) is 3.49. The van der Waals surface area contributed by atoms with Crippen molar-refractivity contribution in [1.29, 1.82) is 0 Å². The maximum absolute atomic E-state index is 11.9. The molecule has 0 saturated carbocycles. The molecule has 2 aromatic rings. The third kappa shape index (κ3) is 2.92. The quantitative estimate of drug-likeness (QED) is 0.937. The molecule has 0 unspecified atom stereocenters. The maximum Gasteiger partial charge on any atom is 0.291 e. The smallest absolute Gasteiger partial charge is 0.291 e. The topological polar surface area (TPSA) is 51.5 Å². The van der Waals surface area contributed by atoms with Gasteiger partial charge < -0.3 is 14.5 Å². The molecule has 1 heterocycles. The van der Waals surface area contributed by atoms with Crippen LogP contribution in [0.3, 0.4) is 0 Å². The van der Waals surface area contributed by atoms with Gasteiger partial charge in [-0.3, -0.25) is 4.79 Å².